The van der Waals surface area contributed by atoms with Crippen LogP contribution in [0.5, 0.6) is 0 Å². The highest BCUT2D eigenvalue weighted by molar-refractivity contribution is 6.04. The Bertz CT molecular complexity index is 1190. The van der Waals surface area contributed by atoms with Gasteiger partial charge in [0.15, 0.2) is 17.5 Å². The van der Waals surface area contributed by atoms with E-state index in [9.17, 15) is 9.18 Å². The van der Waals surface area contributed by atoms with E-state index in [1.54, 1.807) is 35.0 Å². The summed E-state index contributed by atoms with van der Waals surface area (Å²) in [5.41, 5.74) is 3.12. The number of amides is 1. The van der Waals surface area contributed by atoms with Gasteiger partial charge in [-0.2, -0.15) is 5.10 Å². The van der Waals surface area contributed by atoms with Gasteiger partial charge in [-0.1, -0.05) is 0 Å². The van der Waals surface area contributed by atoms with E-state index in [0.717, 1.165) is 23.3 Å². The van der Waals surface area contributed by atoms with Crippen LogP contribution < -0.4 is 10.6 Å². The van der Waals surface area contributed by atoms with E-state index in [1.807, 2.05) is 26.0 Å². The van der Waals surface area contributed by atoms with E-state index in [1.165, 1.54) is 12.3 Å². The fourth-order valence-electron chi connectivity index (χ4n) is 2.91. The Labute approximate surface area is 171 Å². The number of aromatic nitrogens is 5. The summed E-state index contributed by atoms with van der Waals surface area (Å²) >= 11 is 0. The van der Waals surface area contributed by atoms with Crippen molar-refractivity contribution in [2.24, 2.45) is 0 Å². The highest BCUT2D eigenvalue weighted by Crippen LogP contribution is 2.19. The van der Waals surface area contributed by atoms with E-state index in [0.29, 0.717) is 17.3 Å². The van der Waals surface area contributed by atoms with Crippen LogP contribution in [0.3, 0.4) is 0 Å². The predicted octanol–water partition coefficient (Wildman–Crippen LogP) is 3.81. The molecular weight excluding hydrogens is 385 g/mol. The Hall–Kier alpha value is -4.14. The largest absolute Gasteiger partial charge is 0.339 e. The third kappa shape index (κ3) is 4.14. The molecule has 0 bridgehead atoms. The first kappa shape index (κ1) is 19.2. The molecule has 0 aliphatic carbocycles. The highest BCUT2D eigenvalue weighted by Gasteiger charge is 2.11. The summed E-state index contributed by atoms with van der Waals surface area (Å²) in [6.45, 7) is 3.88. The van der Waals surface area contributed by atoms with E-state index >= 15 is 0 Å². The topological polar surface area (TPSA) is 97.6 Å². The normalized spacial score (nSPS) is 10.6. The Morgan fingerprint density at radius 3 is 2.40 bits per heavy atom. The standard InChI is InChI=1S/C21H18FN7O/c1-13-11-14(2)29(28-13)20-8-7-19(26-27-20)24-15-3-5-16(6-4-15)25-21(30)17-9-10-23-12-18(17)22/h3-12H,1-2H3,(H,24,26)(H,25,30). The maximum absolute atomic E-state index is 13.7. The van der Waals surface area contributed by atoms with Crippen molar-refractivity contribution in [2.75, 3.05) is 10.6 Å². The molecule has 0 saturated heterocycles. The SMILES string of the molecule is Cc1cc(C)n(-c2ccc(Nc3ccc(NC(=O)c4ccncc4F)cc3)nn2)n1. The molecule has 0 aliphatic rings. The smallest absolute Gasteiger partial charge is 0.258 e. The van der Waals surface area contributed by atoms with E-state index < -0.39 is 11.7 Å². The van der Waals surface area contributed by atoms with Crippen LogP contribution in [0, 0.1) is 19.7 Å². The van der Waals surface area contributed by atoms with Gasteiger partial charge in [0.05, 0.1) is 17.5 Å². The number of hydrogen-bond acceptors (Lipinski definition) is 6. The molecule has 0 unspecified atom stereocenters. The second kappa shape index (κ2) is 8.08. The minimum atomic E-state index is -0.671. The number of carbonyl (C=O) groups excluding carboxylic acids is 1. The zero-order valence-electron chi connectivity index (χ0n) is 16.3. The van der Waals surface area contributed by atoms with Crippen LogP contribution in [0.4, 0.5) is 21.6 Å². The summed E-state index contributed by atoms with van der Waals surface area (Å²) < 4.78 is 15.4. The Morgan fingerprint density at radius 2 is 1.77 bits per heavy atom. The van der Waals surface area contributed by atoms with Gasteiger partial charge < -0.3 is 10.6 Å². The zero-order valence-corrected chi connectivity index (χ0v) is 16.3. The summed E-state index contributed by atoms with van der Waals surface area (Å²) in [6.07, 6.45) is 2.37. The lowest BCUT2D eigenvalue weighted by molar-refractivity contribution is 0.102. The van der Waals surface area contributed by atoms with Crippen molar-refractivity contribution in [3.05, 3.63) is 83.7 Å². The van der Waals surface area contributed by atoms with Crippen LogP contribution in [-0.2, 0) is 0 Å². The van der Waals surface area contributed by atoms with Gasteiger partial charge in [0, 0.05) is 23.3 Å². The number of aryl methyl sites for hydroxylation is 2. The number of carbonyl (C=O) groups is 1. The molecule has 3 aromatic heterocycles. The summed E-state index contributed by atoms with van der Waals surface area (Å²) in [7, 11) is 0. The van der Waals surface area contributed by atoms with E-state index in [4.69, 9.17) is 0 Å². The lowest BCUT2D eigenvalue weighted by Gasteiger charge is -2.09. The van der Waals surface area contributed by atoms with Gasteiger partial charge in [0.2, 0.25) is 0 Å². The maximum atomic E-state index is 13.7. The monoisotopic (exact) mass is 403 g/mol. The van der Waals surface area contributed by atoms with Gasteiger partial charge in [0.25, 0.3) is 5.91 Å². The third-order valence-corrected chi connectivity index (χ3v) is 4.31. The van der Waals surface area contributed by atoms with Crippen LogP contribution in [0.2, 0.25) is 0 Å². The van der Waals surface area contributed by atoms with E-state index in [-0.39, 0.29) is 5.56 Å². The summed E-state index contributed by atoms with van der Waals surface area (Å²) in [5.74, 6) is -0.0135. The number of hydrogen-bond donors (Lipinski definition) is 2. The molecule has 0 saturated carbocycles. The molecule has 0 spiro atoms. The molecule has 30 heavy (non-hydrogen) atoms. The van der Waals surface area contributed by atoms with Gasteiger partial charge in [-0.25, -0.2) is 9.07 Å². The number of anilines is 3. The average Bonchev–Trinajstić information content (AvgIpc) is 3.08. The summed E-state index contributed by atoms with van der Waals surface area (Å²) in [5, 5.41) is 18.6. The molecule has 8 nitrogen and oxygen atoms in total. The lowest BCUT2D eigenvalue weighted by Crippen LogP contribution is -2.13. The van der Waals surface area contributed by atoms with Crippen molar-refractivity contribution < 1.29 is 9.18 Å². The van der Waals surface area contributed by atoms with Gasteiger partial charge in [-0.05, 0) is 62.4 Å². The number of benzene rings is 1. The molecule has 1 amide bonds. The highest BCUT2D eigenvalue weighted by atomic mass is 19.1. The second-order valence-corrected chi connectivity index (χ2v) is 6.63. The molecule has 1 aromatic carbocycles. The Balaban J connectivity index is 1.42. The van der Waals surface area contributed by atoms with Crippen molar-refractivity contribution in [3.63, 3.8) is 0 Å². The maximum Gasteiger partial charge on any atom is 0.258 e. The van der Waals surface area contributed by atoms with Gasteiger partial charge in [-0.3, -0.25) is 9.78 Å². The van der Waals surface area contributed by atoms with Crippen LogP contribution in [0.25, 0.3) is 5.82 Å². The molecular formula is C21H18FN7O. The fraction of sp³-hybridized carbons (Fsp3) is 0.0952. The van der Waals surface area contributed by atoms with Crippen LogP contribution >= 0.6 is 0 Å². The van der Waals surface area contributed by atoms with Gasteiger partial charge >= 0.3 is 0 Å². The molecule has 150 valence electrons. The van der Waals surface area contributed by atoms with Crippen LogP contribution in [0.1, 0.15) is 21.7 Å². The van der Waals surface area contributed by atoms with Gasteiger partial charge in [0.1, 0.15) is 0 Å². The third-order valence-electron chi connectivity index (χ3n) is 4.31. The van der Waals surface area contributed by atoms with Gasteiger partial charge in [-0.15, -0.1) is 10.2 Å². The second-order valence-electron chi connectivity index (χ2n) is 6.63. The molecule has 9 heteroatoms. The average molecular weight is 403 g/mol. The molecule has 3 heterocycles. The quantitative estimate of drug-likeness (QED) is 0.526. The molecule has 0 atom stereocenters. The van der Waals surface area contributed by atoms with Crippen molar-refractivity contribution in [1.29, 1.82) is 0 Å². The first-order chi connectivity index (χ1) is 14.5. The van der Waals surface area contributed by atoms with Crippen molar-refractivity contribution >= 4 is 23.1 Å². The zero-order chi connectivity index (χ0) is 21.1. The lowest BCUT2D eigenvalue weighted by atomic mass is 10.2. The van der Waals surface area contributed by atoms with Crippen molar-refractivity contribution in [3.8, 4) is 5.82 Å². The molecule has 4 aromatic rings. The first-order valence-electron chi connectivity index (χ1n) is 9.15. The van der Waals surface area contributed by atoms with Crippen molar-refractivity contribution in [2.45, 2.75) is 13.8 Å². The number of halogens is 1. The molecule has 0 aliphatic heterocycles. The molecule has 4 rings (SSSR count). The number of pyridine rings is 1. The summed E-state index contributed by atoms with van der Waals surface area (Å²) in [6, 6.07) is 13.9. The number of nitrogens with one attached hydrogen (secondary N) is 2. The fourth-order valence-corrected chi connectivity index (χ4v) is 2.91. The van der Waals surface area contributed by atoms with Crippen molar-refractivity contribution in [1.82, 2.24) is 25.0 Å². The minimum Gasteiger partial charge on any atom is -0.339 e. The minimum absolute atomic E-state index is 0.0646. The summed E-state index contributed by atoms with van der Waals surface area (Å²) in [4.78, 5) is 15.8. The molecule has 0 radical (unpaired) electrons. The van der Waals surface area contributed by atoms with Crippen LogP contribution in [-0.4, -0.2) is 30.9 Å². The van der Waals surface area contributed by atoms with E-state index in [2.05, 4.69) is 30.9 Å². The predicted molar refractivity (Wildman–Crippen MR) is 111 cm³/mol. The first-order valence-corrected chi connectivity index (χ1v) is 9.15. The molecule has 2 N–H and O–H groups in total. The number of rotatable bonds is 5. The Kier molecular flexibility index (Phi) is 5.17. The number of nitrogens with zero attached hydrogens (tertiary/aromatic N) is 5. The molecule has 0 fully saturated rings. The van der Waals surface area contributed by atoms with Crippen LogP contribution in [0.15, 0.2) is 60.9 Å². The Morgan fingerprint density at radius 1 is 1.00 bits per heavy atom.